The van der Waals surface area contributed by atoms with Crippen LogP contribution in [0.2, 0.25) is 0 Å². The van der Waals surface area contributed by atoms with Gasteiger partial charge in [0.2, 0.25) is 0 Å². The van der Waals surface area contributed by atoms with Crippen LogP contribution in [-0.4, -0.2) is 28.1 Å². The Morgan fingerprint density at radius 2 is 1.95 bits per heavy atom. The molecule has 1 aliphatic rings. The molecule has 0 aromatic heterocycles. The number of benzene rings is 1. The van der Waals surface area contributed by atoms with Crippen LogP contribution in [0.4, 0.5) is 0 Å². The molecule has 0 saturated carbocycles. The van der Waals surface area contributed by atoms with Crippen molar-refractivity contribution in [2.75, 3.05) is 6.54 Å². The van der Waals surface area contributed by atoms with Gasteiger partial charge in [-0.05, 0) is 45.2 Å². The Morgan fingerprint density at radius 3 is 2.47 bits per heavy atom. The Hall–Kier alpha value is -1.35. The predicted molar refractivity (Wildman–Crippen MR) is 76.2 cm³/mol. The highest BCUT2D eigenvalue weighted by Crippen LogP contribution is 2.34. The first-order valence-electron chi connectivity index (χ1n) is 7.03. The van der Waals surface area contributed by atoms with E-state index in [2.05, 4.69) is 36.9 Å². The van der Waals surface area contributed by atoms with Crippen molar-refractivity contribution in [3.63, 3.8) is 0 Å². The quantitative estimate of drug-likeness (QED) is 0.905. The fourth-order valence-corrected chi connectivity index (χ4v) is 3.34. The highest BCUT2D eigenvalue weighted by atomic mass is 16.4. The summed E-state index contributed by atoms with van der Waals surface area (Å²) in [6, 6.07) is 6.47. The monoisotopic (exact) mass is 261 g/mol. The zero-order valence-corrected chi connectivity index (χ0v) is 12.1. The minimum Gasteiger partial charge on any atom is -0.480 e. The summed E-state index contributed by atoms with van der Waals surface area (Å²) in [4.78, 5) is 13.8. The highest BCUT2D eigenvalue weighted by molar-refractivity contribution is 5.79. The SMILES string of the molecule is CCC1(C(=O)O)CCCN1Cc1cc(C)cc(C)c1. The fourth-order valence-electron chi connectivity index (χ4n) is 3.34. The molecule has 1 aromatic carbocycles. The maximum absolute atomic E-state index is 11.6. The molecule has 1 heterocycles. The lowest BCUT2D eigenvalue weighted by atomic mass is 9.92. The summed E-state index contributed by atoms with van der Waals surface area (Å²) < 4.78 is 0. The molecule has 1 N–H and O–H groups in total. The standard InChI is InChI=1S/C16H23NO2/c1-4-16(15(18)19)6-5-7-17(16)11-14-9-12(2)8-13(3)10-14/h8-10H,4-7,11H2,1-3H3,(H,18,19). The van der Waals surface area contributed by atoms with E-state index in [1.807, 2.05) is 6.92 Å². The summed E-state index contributed by atoms with van der Waals surface area (Å²) in [5, 5.41) is 9.58. The van der Waals surface area contributed by atoms with Gasteiger partial charge in [0.25, 0.3) is 0 Å². The Kier molecular flexibility index (Phi) is 3.95. The van der Waals surface area contributed by atoms with Gasteiger partial charge in [-0.25, -0.2) is 0 Å². The van der Waals surface area contributed by atoms with Gasteiger partial charge in [0.1, 0.15) is 5.54 Å². The number of aliphatic carboxylic acids is 1. The normalized spacial score (nSPS) is 23.7. The van der Waals surface area contributed by atoms with Crippen molar-refractivity contribution in [2.24, 2.45) is 0 Å². The largest absolute Gasteiger partial charge is 0.480 e. The zero-order valence-electron chi connectivity index (χ0n) is 12.1. The van der Waals surface area contributed by atoms with E-state index in [0.29, 0.717) is 6.42 Å². The van der Waals surface area contributed by atoms with Crippen LogP contribution in [0, 0.1) is 13.8 Å². The number of carbonyl (C=O) groups is 1. The van der Waals surface area contributed by atoms with Crippen molar-refractivity contribution >= 4 is 5.97 Å². The predicted octanol–water partition coefficient (Wildman–Crippen LogP) is 3.13. The lowest BCUT2D eigenvalue weighted by molar-refractivity contribution is -0.150. The third-order valence-corrected chi connectivity index (χ3v) is 4.26. The van der Waals surface area contributed by atoms with Gasteiger partial charge in [-0.15, -0.1) is 0 Å². The minimum atomic E-state index is -0.670. The lowest BCUT2D eigenvalue weighted by Gasteiger charge is -2.34. The molecule has 2 rings (SSSR count). The molecule has 1 aromatic rings. The molecule has 3 nitrogen and oxygen atoms in total. The summed E-state index contributed by atoms with van der Waals surface area (Å²) in [7, 11) is 0. The van der Waals surface area contributed by atoms with E-state index in [-0.39, 0.29) is 0 Å². The summed E-state index contributed by atoms with van der Waals surface area (Å²) in [5.41, 5.74) is 3.05. The third-order valence-electron chi connectivity index (χ3n) is 4.26. The van der Waals surface area contributed by atoms with Crippen LogP contribution in [0.3, 0.4) is 0 Å². The summed E-state index contributed by atoms with van der Waals surface area (Å²) in [5.74, 6) is -0.670. The van der Waals surface area contributed by atoms with E-state index in [1.54, 1.807) is 0 Å². The number of hydrogen-bond donors (Lipinski definition) is 1. The Morgan fingerprint density at radius 1 is 1.32 bits per heavy atom. The van der Waals surface area contributed by atoms with E-state index < -0.39 is 11.5 Å². The molecule has 1 aliphatic heterocycles. The maximum Gasteiger partial charge on any atom is 0.324 e. The minimum absolute atomic E-state index is 0.655. The first kappa shape index (κ1) is 14.1. The molecule has 0 amide bonds. The van der Waals surface area contributed by atoms with Crippen molar-refractivity contribution in [3.05, 3.63) is 34.9 Å². The van der Waals surface area contributed by atoms with Crippen LogP contribution in [0.1, 0.15) is 42.9 Å². The van der Waals surface area contributed by atoms with E-state index in [4.69, 9.17) is 0 Å². The van der Waals surface area contributed by atoms with Crippen molar-refractivity contribution in [3.8, 4) is 0 Å². The van der Waals surface area contributed by atoms with Crippen molar-refractivity contribution in [1.82, 2.24) is 4.90 Å². The molecule has 0 bridgehead atoms. The van der Waals surface area contributed by atoms with Crippen molar-refractivity contribution in [2.45, 2.75) is 52.1 Å². The second kappa shape index (κ2) is 5.33. The number of rotatable bonds is 4. The number of likely N-dealkylation sites (tertiary alicyclic amines) is 1. The molecule has 1 saturated heterocycles. The lowest BCUT2D eigenvalue weighted by Crippen LogP contribution is -2.49. The van der Waals surface area contributed by atoms with Gasteiger partial charge >= 0.3 is 5.97 Å². The molecular weight excluding hydrogens is 238 g/mol. The van der Waals surface area contributed by atoms with Gasteiger partial charge in [0.15, 0.2) is 0 Å². The van der Waals surface area contributed by atoms with Gasteiger partial charge in [0.05, 0.1) is 0 Å². The van der Waals surface area contributed by atoms with Crippen molar-refractivity contribution in [1.29, 1.82) is 0 Å². The molecule has 0 radical (unpaired) electrons. The fraction of sp³-hybridized carbons (Fsp3) is 0.562. The second-order valence-electron chi connectivity index (χ2n) is 5.71. The number of nitrogens with zero attached hydrogens (tertiary/aromatic N) is 1. The summed E-state index contributed by atoms with van der Waals surface area (Å²) in [6.07, 6.45) is 2.42. The van der Waals surface area contributed by atoms with Crippen LogP contribution < -0.4 is 0 Å². The van der Waals surface area contributed by atoms with E-state index >= 15 is 0 Å². The Balaban J connectivity index is 2.24. The van der Waals surface area contributed by atoms with Gasteiger partial charge < -0.3 is 5.11 Å². The van der Waals surface area contributed by atoms with E-state index in [9.17, 15) is 9.90 Å². The smallest absolute Gasteiger partial charge is 0.324 e. The first-order valence-corrected chi connectivity index (χ1v) is 7.03. The first-order chi connectivity index (χ1) is 8.98. The summed E-state index contributed by atoms with van der Waals surface area (Å²) >= 11 is 0. The molecular formula is C16H23NO2. The zero-order chi connectivity index (χ0) is 14.0. The van der Waals surface area contributed by atoms with Crippen LogP contribution in [-0.2, 0) is 11.3 Å². The topological polar surface area (TPSA) is 40.5 Å². The second-order valence-corrected chi connectivity index (χ2v) is 5.71. The van der Waals surface area contributed by atoms with Crippen LogP contribution in [0.25, 0.3) is 0 Å². The molecule has 1 unspecified atom stereocenters. The number of carboxylic acid groups (broad SMARTS) is 1. The van der Waals surface area contributed by atoms with Gasteiger partial charge in [-0.3, -0.25) is 9.69 Å². The number of hydrogen-bond acceptors (Lipinski definition) is 2. The third kappa shape index (κ3) is 2.66. The van der Waals surface area contributed by atoms with Gasteiger partial charge in [-0.2, -0.15) is 0 Å². The molecule has 0 aliphatic carbocycles. The maximum atomic E-state index is 11.6. The molecule has 3 heteroatoms. The van der Waals surface area contributed by atoms with Crippen LogP contribution >= 0.6 is 0 Å². The summed E-state index contributed by atoms with van der Waals surface area (Å²) in [6.45, 7) is 7.78. The highest BCUT2D eigenvalue weighted by Gasteiger charge is 2.45. The average molecular weight is 261 g/mol. The van der Waals surface area contributed by atoms with Crippen LogP contribution in [0.5, 0.6) is 0 Å². The van der Waals surface area contributed by atoms with E-state index in [1.165, 1.54) is 16.7 Å². The number of carboxylic acids is 1. The van der Waals surface area contributed by atoms with E-state index in [0.717, 1.165) is 25.9 Å². The van der Waals surface area contributed by atoms with Gasteiger partial charge in [0, 0.05) is 6.54 Å². The molecule has 104 valence electrons. The molecule has 19 heavy (non-hydrogen) atoms. The Bertz CT molecular complexity index is 463. The van der Waals surface area contributed by atoms with Crippen LogP contribution in [0.15, 0.2) is 18.2 Å². The molecule has 1 fully saturated rings. The van der Waals surface area contributed by atoms with Gasteiger partial charge in [-0.1, -0.05) is 36.2 Å². The Labute approximate surface area is 115 Å². The molecule has 0 spiro atoms. The average Bonchev–Trinajstić information content (AvgIpc) is 2.71. The molecule has 1 atom stereocenters. The van der Waals surface area contributed by atoms with Crippen molar-refractivity contribution < 1.29 is 9.90 Å². The number of aryl methyl sites for hydroxylation is 2.